The van der Waals surface area contributed by atoms with Crippen LogP contribution >= 0.6 is 0 Å². The Morgan fingerprint density at radius 1 is 1.38 bits per heavy atom. The number of hydrogen-bond acceptors (Lipinski definition) is 3. The minimum absolute atomic E-state index is 0.303. The third kappa shape index (κ3) is 4.55. The molecule has 2 atom stereocenters. The first-order valence-electron chi connectivity index (χ1n) is 7.82. The molecular weight excluding hydrogens is 264 g/mol. The lowest BCUT2D eigenvalue weighted by atomic mass is 9.97. The zero-order chi connectivity index (χ0) is 15.2. The van der Waals surface area contributed by atoms with Gasteiger partial charge in [-0.2, -0.15) is 0 Å². The SMILES string of the molecule is CC(C)N1CCCC(CNC(=O)C(O)c2ccccc2)C1. The van der Waals surface area contributed by atoms with Crippen molar-refractivity contribution < 1.29 is 9.90 Å². The van der Waals surface area contributed by atoms with E-state index >= 15 is 0 Å². The van der Waals surface area contributed by atoms with E-state index in [-0.39, 0.29) is 5.91 Å². The summed E-state index contributed by atoms with van der Waals surface area (Å²) >= 11 is 0. The van der Waals surface area contributed by atoms with Gasteiger partial charge in [-0.05, 0) is 44.7 Å². The van der Waals surface area contributed by atoms with Crippen molar-refractivity contribution in [1.82, 2.24) is 10.2 Å². The first-order chi connectivity index (χ1) is 10.1. The van der Waals surface area contributed by atoms with Crippen molar-refractivity contribution in [3.8, 4) is 0 Å². The Hall–Kier alpha value is -1.39. The van der Waals surface area contributed by atoms with Gasteiger partial charge in [0.2, 0.25) is 0 Å². The lowest BCUT2D eigenvalue weighted by Gasteiger charge is -2.35. The minimum Gasteiger partial charge on any atom is -0.378 e. The zero-order valence-corrected chi connectivity index (χ0v) is 13.0. The highest BCUT2D eigenvalue weighted by Gasteiger charge is 2.23. The van der Waals surface area contributed by atoms with E-state index in [1.165, 1.54) is 6.42 Å². The van der Waals surface area contributed by atoms with Gasteiger partial charge in [-0.25, -0.2) is 0 Å². The molecule has 0 bridgehead atoms. The third-order valence-electron chi connectivity index (χ3n) is 4.21. The molecule has 1 fully saturated rings. The van der Waals surface area contributed by atoms with Crippen molar-refractivity contribution in [3.63, 3.8) is 0 Å². The lowest BCUT2D eigenvalue weighted by molar-refractivity contribution is -0.129. The summed E-state index contributed by atoms with van der Waals surface area (Å²) in [6.45, 7) is 7.24. The first kappa shape index (κ1) is 16.0. The third-order valence-corrected chi connectivity index (χ3v) is 4.21. The Labute approximate surface area is 127 Å². The predicted octanol–water partition coefficient (Wildman–Crippen LogP) is 1.96. The van der Waals surface area contributed by atoms with Crippen LogP contribution in [0, 0.1) is 5.92 Å². The number of aliphatic hydroxyl groups excluding tert-OH is 1. The maximum absolute atomic E-state index is 12.0. The molecule has 0 saturated carbocycles. The summed E-state index contributed by atoms with van der Waals surface area (Å²) in [5, 5.41) is 12.9. The second-order valence-corrected chi connectivity index (χ2v) is 6.16. The van der Waals surface area contributed by atoms with Gasteiger partial charge >= 0.3 is 0 Å². The monoisotopic (exact) mass is 290 g/mol. The van der Waals surface area contributed by atoms with Crippen LogP contribution in [-0.4, -0.2) is 41.6 Å². The van der Waals surface area contributed by atoms with Gasteiger partial charge in [0.1, 0.15) is 0 Å². The summed E-state index contributed by atoms with van der Waals surface area (Å²) in [6, 6.07) is 9.62. The largest absolute Gasteiger partial charge is 0.378 e. The van der Waals surface area contributed by atoms with E-state index in [0.29, 0.717) is 24.1 Å². The first-order valence-corrected chi connectivity index (χ1v) is 7.82. The molecule has 1 aliphatic heterocycles. The highest BCUT2D eigenvalue weighted by molar-refractivity contribution is 5.81. The lowest BCUT2D eigenvalue weighted by Crippen LogP contribution is -2.44. The highest BCUT2D eigenvalue weighted by Crippen LogP contribution is 2.18. The molecule has 1 aromatic rings. The van der Waals surface area contributed by atoms with Crippen molar-refractivity contribution in [1.29, 1.82) is 0 Å². The van der Waals surface area contributed by atoms with Crippen LogP contribution in [0.15, 0.2) is 30.3 Å². The molecule has 0 aliphatic carbocycles. The molecule has 1 aliphatic rings. The molecule has 2 rings (SSSR count). The summed E-state index contributed by atoms with van der Waals surface area (Å²) in [7, 11) is 0. The molecule has 2 unspecified atom stereocenters. The summed E-state index contributed by atoms with van der Waals surface area (Å²) in [5.41, 5.74) is 0.641. The Morgan fingerprint density at radius 3 is 2.76 bits per heavy atom. The average Bonchev–Trinajstić information content (AvgIpc) is 2.53. The van der Waals surface area contributed by atoms with Crippen LogP contribution in [0.1, 0.15) is 38.4 Å². The fraction of sp³-hybridized carbons (Fsp3) is 0.588. The number of benzene rings is 1. The van der Waals surface area contributed by atoms with Crippen LogP contribution in [0.2, 0.25) is 0 Å². The van der Waals surface area contributed by atoms with E-state index in [2.05, 4.69) is 24.1 Å². The smallest absolute Gasteiger partial charge is 0.253 e. The number of piperidine rings is 1. The number of hydrogen-bond donors (Lipinski definition) is 2. The average molecular weight is 290 g/mol. The van der Waals surface area contributed by atoms with Gasteiger partial charge in [-0.3, -0.25) is 4.79 Å². The zero-order valence-electron chi connectivity index (χ0n) is 13.0. The second-order valence-electron chi connectivity index (χ2n) is 6.16. The maximum Gasteiger partial charge on any atom is 0.253 e. The number of rotatable bonds is 5. The number of nitrogens with one attached hydrogen (secondary N) is 1. The van der Waals surface area contributed by atoms with Crippen molar-refractivity contribution in [2.24, 2.45) is 5.92 Å². The Balaban J connectivity index is 1.81. The normalized spacial score (nSPS) is 21.2. The minimum atomic E-state index is -1.07. The number of likely N-dealkylation sites (tertiary alicyclic amines) is 1. The summed E-state index contributed by atoms with van der Waals surface area (Å²) < 4.78 is 0. The van der Waals surface area contributed by atoms with E-state index in [4.69, 9.17) is 0 Å². The number of carbonyl (C=O) groups excluding carboxylic acids is 1. The predicted molar refractivity (Wildman–Crippen MR) is 83.8 cm³/mol. The van der Waals surface area contributed by atoms with Crippen LogP contribution < -0.4 is 5.32 Å². The van der Waals surface area contributed by atoms with Gasteiger partial charge < -0.3 is 15.3 Å². The van der Waals surface area contributed by atoms with E-state index in [1.54, 1.807) is 12.1 Å². The molecule has 4 nitrogen and oxygen atoms in total. The fourth-order valence-corrected chi connectivity index (χ4v) is 2.86. The van der Waals surface area contributed by atoms with Crippen molar-refractivity contribution >= 4 is 5.91 Å². The molecule has 1 heterocycles. The summed E-state index contributed by atoms with van der Waals surface area (Å²) in [4.78, 5) is 14.5. The van der Waals surface area contributed by atoms with Crippen molar-refractivity contribution in [3.05, 3.63) is 35.9 Å². The molecule has 1 amide bonds. The number of aliphatic hydroxyl groups is 1. The Bertz CT molecular complexity index is 447. The maximum atomic E-state index is 12.0. The molecule has 21 heavy (non-hydrogen) atoms. The van der Waals surface area contributed by atoms with Gasteiger partial charge in [-0.1, -0.05) is 30.3 Å². The van der Waals surface area contributed by atoms with E-state index in [9.17, 15) is 9.90 Å². The quantitative estimate of drug-likeness (QED) is 0.871. The van der Waals surface area contributed by atoms with Gasteiger partial charge in [0, 0.05) is 19.1 Å². The summed E-state index contributed by atoms with van der Waals surface area (Å²) in [6.07, 6.45) is 1.25. The van der Waals surface area contributed by atoms with Crippen LogP contribution in [0.5, 0.6) is 0 Å². The molecule has 0 radical (unpaired) electrons. The molecule has 116 valence electrons. The van der Waals surface area contributed by atoms with E-state index in [1.807, 2.05) is 18.2 Å². The van der Waals surface area contributed by atoms with Crippen LogP contribution in [-0.2, 0) is 4.79 Å². The van der Waals surface area contributed by atoms with Crippen molar-refractivity contribution in [2.75, 3.05) is 19.6 Å². The number of nitrogens with zero attached hydrogens (tertiary/aromatic N) is 1. The molecule has 1 saturated heterocycles. The Kier molecular flexibility index (Phi) is 5.76. The van der Waals surface area contributed by atoms with Crippen LogP contribution in [0.4, 0.5) is 0 Å². The van der Waals surface area contributed by atoms with Crippen LogP contribution in [0.25, 0.3) is 0 Å². The number of amides is 1. The molecule has 2 N–H and O–H groups in total. The van der Waals surface area contributed by atoms with E-state index < -0.39 is 6.10 Å². The molecule has 0 spiro atoms. The van der Waals surface area contributed by atoms with Gasteiger partial charge in [0.25, 0.3) is 5.91 Å². The Morgan fingerprint density at radius 2 is 2.10 bits per heavy atom. The van der Waals surface area contributed by atoms with Gasteiger partial charge in [-0.15, -0.1) is 0 Å². The van der Waals surface area contributed by atoms with Gasteiger partial charge in [0.05, 0.1) is 0 Å². The molecule has 1 aromatic carbocycles. The van der Waals surface area contributed by atoms with Gasteiger partial charge in [0.15, 0.2) is 6.10 Å². The van der Waals surface area contributed by atoms with E-state index in [0.717, 1.165) is 19.5 Å². The topological polar surface area (TPSA) is 52.6 Å². The number of carbonyl (C=O) groups is 1. The highest BCUT2D eigenvalue weighted by atomic mass is 16.3. The van der Waals surface area contributed by atoms with Crippen molar-refractivity contribution in [2.45, 2.75) is 38.8 Å². The molecule has 4 heteroatoms. The molecular formula is C17H26N2O2. The molecule has 0 aromatic heterocycles. The standard InChI is InChI=1S/C17H26N2O2/c1-13(2)19-10-6-7-14(12-19)11-18-17(21)16(20)15-8-4-3-5-9-15/h3-5,8-9,13-14,16,20H,6-7,10-12H2,1-2H3,(H,18,21). The van der Waals surface area contributed by atoms with Crippen LogP contribution in [0.3, 0.4) is 0 Å². The summed E-state index contributed by atoms with van der Waals surface area (Å²) in [5.74, 6) is 0.177. The second kappa shape index (κ2) is 7.57. The fourth-order valence-electron chi connectivity index (χ4n) is 2.86.